The van der Waals surface area contributed by atoms with Crippen LogP contribution in [0.15, 0.2) is 0 Å². The minimum absolute atomic E-state index is 0.0612. The maximum Gasteiger partial charge on any atom is 0.251 e. The van der Waals surface area contributed by atoms with Gasteiger partial charge in [0.15, 0.2) is 0 Å². The summed E-state index contributed by atoms with van der Waals surface area (Å²) in [7, 11) is 1.42. The Morgan fingerprint density at radius 3 is 2.94 bits per heavy atom. The lowest BCUT2D eigenvalue weighted by Gasteiger charge is -2.28. The van der Waals surface area contributed by atoms with E-state index in [2.05, 4.69) is 16.6 Å². The van der Waals surface area contributed by atoms with Crippen LogP contribution in [0.2, 0.25) is 0 Å². The molecule has 0 saturated carbocycles. The van der Waals surface area contributed by atoms with Gasteiger partial charge in [0.25, 0.3) is 5.91 Å². The number of likely N-dealkylation sites (tertiary alicyclic amines) is 1. The molecule has 1 unspecified atom stereocenters. The molecule has 6 heteroatoms. The molecule has 0 aromatic heterocycles. The number of carbonyl (C=O) groups is 3. The maximum atomic E-state index is 11.6. The number of nitrogens with zero attached hydrogens (tertiary/aromatic N) is 1. The summed E-state index contributed by atoms with van der Waals surface area (Å²) in [6, 6.07) is -0.613. The molecule has 0 aliphatic carbocycles. The zero-order valence-electron chi connectivity index (χ0n) is 9.66. The number of carbonyl (C=O) groups excluding carboxylic acids is 3. The van der Waals surface area contributed by atoms with Crippen molar-refractivity contribution < 1.29 is 14.4 Å². The van der Waals surface area contributed by atoms with Crippen LogP contribution >= 0.6 is 0 Å². The third-order valence-electron chi connectivity index (χ3n) is 2.50. The van der Waals surface area contributed by atoms with Gasteiger partial charge in [0.2, 0.25) is 11.8 Å². The predicted molar refractivity (Wildman–Crippen MR) is 60.6 cm³/mol. The number of piperidine rings is 1. The Labute approximate surface area is 99.7 Å². The van der Waals surface area contributed by atoms with Crippen molar-refractivity contribution in [3.05, 3.63) is 0 Å². The van der Waals surface area contributed by atoms with E-state index in [1.54, 1.807) is 0 Å². The van der Waals surface area contributed by atoms with Gasteiger partial charge in [-0.25, -0.2) is 0 Å². The van der Waals surface area contributed by atoms with Gasteiger partial charge < -0.3 is 5.32 Å². The van der Waals surface area contributed by atoms with Crippen LogP contribution in [0.1, 0.15) is 12.8 Å². The number of hydrogen-bond donors (Lipinski definition) is 2. The predicted octanol–water partition coefficient (Wildman–Crippen LogP) is -1.53. The van der Waals surface area contributed by atoms with Gasteiger partial charge in [-0.05, 0) is 6.42 Å². The van der Waals surface area contributed by atoms with Gasteiger partial charge in [0, 0.05) is 13.5 Å². The molecule has 0 aromatic carbocycles. The summed E-state index contributed by atoms with van der Waals surface area (Å²) in [4.78, 5) is 35.3. The number of amides is 3. The maximum absolute atomic E-state index is 11.6. The fraction of sp³-hybridized carbons (Fsp3) is 0.545. The molecular formula is C11H15N3O3. The topological polar surface area (TPSA) is 78.5 Å². The second-order valence-corrected chi connectivity index (χ2v) is 3.76. The summed E-state index contributed by atoms with van der Waals surface area (Å²) in [6.07, 6.45) is 5.63. The Morgan fingerprint density at radius 2 is 2.29 bits per heavy atom. The van der Waals surface area contributed by atoms with E-state index in [1.165, 1.54) is 7.05 Å². The van der Waals surface area contributed by atoms with Crippen molar-refractivity contribution in [1.82, 2.24) is 15.5 Å². The normalized spacial score (nSPS) is 20.0. The largest absolute Gasteiger partial charge is 0.343 e. The van der Waals surface area contributed by atoms with Gasteiger partial charge in [-0.1, -0.05) is 5.92 Å². The molecule has 0 bridgehead atoms. The molecule has 1 saturated heterocycles. The van der Waals surface area contributed by atoms with Crippen molar-refractivity contribution >= 4 is 17.7 Å². The number of imide groups is 1. The molecule has 1 fully saturated rings. The van der Waals surface area contributed by atoms with Gasteiger partial charge in [-0.2, -0.15) is 0 Å². The molecule has 1 aliphatic heterocycles. The molecule has 17 heavy (non-hydrogen) atoms. The Morgan fingerprint density at radius 1 is 1.59 bits per heavy atom. The van der Waals surface area contributed by atoms with Crippen molar-refractivity contribution in [1.29, 1.82) is 0 Å². The van der Waals surface area contributed by atoms with E-state index in [1.807, 2.05) is 0 Å². The lowest BCUT2D eigenvalue weighted by atomic mass is 10.0. The molecule has 2 N–H and O–H groups in total. The molecule has 92 valence electrons. The first-order valence-corrected chi connectivity index (χ1v) is 5.30. The molecule has 1 heterocycles. The molecule has 1 rings (SSSR count). The Balaban J connectivity index is 2.41. The SMILES string of the molecule is C#CCNCC(=O)NC1CCC(=O)N(C)C1=O. The second kappa shape index (κ2) is 6.01. The number of terminal acetylenes is 1. The molecule has 1 atom stereocenters. The van der Waals surface area contributed by atoms with Gasteiger partial charge in [0.1, 0.15) is 6.04 Å². The number of nitrogens with one attached hydrogen (secondary N) is 2. The van der Waals surface area contributed by atoms with Crippen molar-refractivity contribution in [3.8, 4) is 12.3 Å². The standard InChI is InChI=1S/C11H15N3O3/c1-3-6-12-7-9(15)13-8-4-5-10(16)14(2)11(8)17/h1,8,12H,4-7H2,2H3,(H,13,15). The number of likely N-dealkylation sites (N-methyl/N-ethyl adjacent to an activating group) is 1. The summed E-state index contributed by atoms with van der Waals surface area (Å²) >= 11 is 0. The van der Waals surface area contributed by atoms with Crippen molar-refractivity contribution in [3.63, 3.8) is 0 Å². The summed E-state index contributed by atoms with van der Waals surface area (Å²) < 4.78 is 0. The highest BCUT2D eigenvalue weighted by atomic mass is 16.2. The molecule has 0 radical (unpaired) electrons. The summed E-state index contributed by atoms with van der Waals surface area (Å²) in [6.45, 7) is 0.357. The summed E-state index contributed by atoms with van der Waals surface area (Å²) in [5.74, 6) is 1.45. The lowest BCUT2D eigenvalue weighted by molar-refractivity contribution is -0.149. The highest BCUT2D eigenvalue weighted by molar-refractivity contribution is 6.01. The van der Waals surface area contributed by atoms with Crippen molar-refractivity contribution in [2.45, 2.75) is 18.9 Å². The molecule has 0 aromatic rings. The molecule has 6 nitrogen and oxygen atoms in total. The Bertz CT molecular complexity index is 373. The van der Waals surface area contributed by atoms with Gasteiger partial charge >= 0.3 is 0 Å². The lowest BCUT2D eigenvalue weighted by Crippen LogP contribution is -2.54. The third-order valence-corrected chi connectivity index (χ3v) is 2.50. The minimum atomic E-state index is -0.613. The fourth-order valence-corrected chi connectivity index (χ4v) is 1.54. The van der Waals surface area contributed by atoms with E-state index in [4.69, 9.17) is 6.42 Å². The van der Waals surface area contributed by atoms with Crippen molar-refractivity contribution in [2.24, 2.45) is 0 Å². The smallest absolute Gasteiger partial charge is 0.251 e. The monoisotopic (exact) mass is 237 g/mol. The zero-order chi connectivity index (χ0) is 12.8. The van der Waals surface area contributed by atoms with Crippen LogP contribution in [0, 0.1) is 12.3 Å². The quantitative estimate of drug-likeness (QED) is 0.353. The number of rotatable bonds is 4. The molecule has 1 aliphatic rings. The van der Waals surface area contributed by atoms with Crippen molar-refractivity contribution in [2.75, 3.05) is 20.1 Å². The Hall–Kier alpha value is -1.87. The van der Waals surface area contributed by atoms with Crippen LogP contribution in [0.25, 0.3) is 0 Å². The second-order valence-electron chi connectivity index (χ2n) is 3.76. The first kappa shape index (κ1) is 13.2. The molecule has 0 spiro atoms. The highest BCUT2D eigenvalue weighted by Crippen LogP contribution is 2.10. The molecule has 3 amide bonds. The minimum Gasteiger partial charge on any atom is -0.343 e. The van der Waals surface area contributed by atoms with E-state index < -0.39 is 6.04 Å². The van der Waals surface area contributed by atoms with E-state index in [0.717, 1.165) is 4.90 Å². The Kier molecular flexibility index (Phi) is 4.67. The first-order valence-electron chi connectivity index (χ1n) is 5.30. The number of hydrogen-bond acceptors (Lipinski definition) is 4. The van der Waals surface area contributed by atoms with Crippen LogP contribution in [0.3, 0.4) is 0 Å². The van der Waals surface area contributed by atoms with Crippen LogP contribution in [-0.4, -0.2) is 48.8 Å². The summed E-state index contributed by atoms with van der Waals surface area (Å²) in [5, 5.41) is 5.28. The van der Waals surface area contributed by atoms with Crippen LogP contribution < -0.4 is 10.6 Å². The average Bonchev–Trinajstić information content (AvgIpc) is 2.30. The van der Waals surface area contributed by atoms with E-state index in [0.29, 0.717) is 13.0 Å². The molecular weight excluding hydrogens is 222 g/mol. The first-order chi connectivity index (χ1) is 8.06. The van der Waals surface area contributed by atoms with Crippen LogP contribution in [0.5, 0.6) is 0 Å². The van der Waals surface area contributed by atoms with Crippen LogP contribution in [-0.2, 0) is 14.4 Å². The highest BCUT2D eigenvalue weighted by Gasteiger charge is 2.32. The van der Waals surface area contributed by atoms with Crippen LogP contribution in [0.4, 0.5) is 0 Å². The zero-order valence-corrected chi connectivity index (χ0v) is 9.66. The van der Waals surface area contributed by atoms with E-state index >= 15 is 0 Å². The average molecular weight is 237 g/mol. The van der Waals surface area contributed by atoms with Gasteiger partial charge in [-0.15, -0.1) is 6.42 Å². The third kappa shape index (κ3) is 3.57. The van der Waals surface area contributed by atoms with E-state index in [-0.39, 0.29) is 30.7 Å². The van der Waals surface area contributed by atoms with Gasteiger partial charge in [-0.3, -0.25) is 24.6 Å². The van der Waals surface area contributed by atoms with E-state index in [9.17, 15) is 14.4 Å². The fourth-order valence-electron chi connectivity index (χ4n) is 1.54. The van der Waals surface area contributed by atoms with Gasteiger partial charge in [0.05, 0.1) is 13.1 Å². The summed E-state index contributed by atoms with van der Waals surface area (Å²) in [5.41, 5.74) is 0.